The van der Waals surface area contributed by atoms with Crippen molar-refractivity contribution < 1.29 is 90.1 Å². The summed E-state index contributed by atoms with van der Waals surface area (Å²) >= 11 is 0. The fourth-order valence-electron chi connectivity index (χ4n) is 6.21. The van der Waals surface area contributed by atoms with E-state index in [-0.39, 0.29) is 12.0 Å². The van der Waals surface area contributed by atoms with Crippen LogP contribution in [0.1, 0.15) is 13.3 Å². The standard InChI is InChI=1S/C26H44O18/c1-7-10(3-8-2-9(4-27)14(31)16(33)13(8)30)15(32)20(37)25(40-7)43-23-12(6-29)42-26(21(38)18(23)35)44-22-11(5-28)41-24(39)19(36)17(22)34/h2,7-8,10-39H,3-6H2,1H3/t7?,8?,10-,11?,12?,13?,14?,15-,16?,17+,18+,19?,20?,21?,22-,23-,24?,25-,26-/m0/s1. The molecular formula is C26H44O18. The van der Waals surface area contributed by atoms with E-state index in [9.17, 15) is 66.4 Å². The van der Waals surface area contributed by atoms with Crippen LogP contribution in [0.4, 0.5) is 0 Å². The minimum Gasteiger partial charge on any atom is -0.394 e. The van der Waals surface area contributed by atoms with Gasteiger partial charge in [-0.2, -0.15) is 0 Å². The minimum absolute atomic E-state index is 0.0377. The summed E-state index contributed by atoms with van der Waals surface area (Å²) in [5, 5.41) is 133. The predicted octanol–water partition coefficient (Wildman–Crippen LogP) is -7.27. The third-order valence-corrected chi connectivity index (χ3v) is 8.91. The number of aliphatic hydroxyl groups is 13. The van der Waals surface area contributed by atoms with Gasteiger partial charge in [-0.15, -0.1) is 0 Å². The second-order valence-corrected chi connectivity index (χ2v) is 11.7. The molecule has 0 spiro atoms. The summed E-state index contributed by atoms with van der Waals surface area (Å²) in [6.07, 6.45) is -25.9. The third kappa shape index (κ3) is 6.98. The van der Waals surface area contributed by atoms with Crippen LogP contribution in [0.5, 0.6) is 0 Å². The largest absolute Gasteiger partial charge is 0.394 e. The molecule has 0 bridgehead atoms. The molecule has 4 rings (SSSR count). The minimum atomic E-state index is -1.92. The van der Waals surface area contributed by atoms with Crippen LogP contribution in [0.25, 0.3) is 0 Å². The molecule has 44 heavy (non-hydrogen) atoms. The molecule has 0 aromatic carbocycles. The zero-order valence-electron chi connectivity index (χ0n) is 23.7. The van der Waals surface area contributed by atoms with E-state index in [0.717, 1.165) is 0 Å². The molecule has 3 saturated heterocycles. The van der Waals surface area contributed by atoms with E-state index in [0.29, 0.717) is 0 Å². The lowest BCUT2D eigenvalue weighted by molar-refractivity contribution is -0.375. The maximum absolute atomic E-state index is 11.0. The summed E-state index contributed by atoms with van der Waals surface area (Å²) in [4.78, 5) is 0. The van der Waals surface area contributed by atoms with Crippen LogP contribution in [-0.4, -0.2) is 191 Å². The van der Waals surface area contributed by atoms with Crippen LogP contribution in [0, 0.1) is 11.8 Å². The Morgan fingerprint density at radius 3 is 1.70 bits per heavy atom. The summed E-state index contributed by atoms with van der Waals surface area (Å²) < 4.78 is 27.5. The Labute approximate surface area is 251 Å². The van der Waals surface area contributed by atoms with Crippen LogP contribution in [-0.2, 0) is 23.7 Å². The van der Waals surface area contributed by atoms with Crippen molar-refractivity contribution in [3.63, 3.8) is 0 Å². The van der Waals surface area contributed by atoms with Crippen LogP contribution in [0.2, 0.25) is 0 Å². The molecule has 0 aromatic heterocycles. The van der Waals surface area contributed by atoms with Gasteiger partial charge in [0.05, 0.1) is 38.1 Å². The summed E-state index contributed by atoms with van der Waals surface area (Å²) in [7, 11) is 0. The van der Waals surface area contributed by atoms with Gasteiger partial charge in [0.25, 0.3) is 0 Å². The second-order valence-electron chi connectivity index (χ2n) is 11.7. The van der Waals surface area contributed by atoms with Crippen molar-refractivity contribution in [1.29, 1.82) is 0 Å². The highest BCUT2D eigenvalue weighted by molar-refractivity contribution is 5.19. The molecule has 4 aliphatic rings. The highest BCUT2D eigenvalue weighted by Gasteiger charge is 2.53. The van der Waals surface area contributed by atoms with Crippen LogP contribution in [0.3, 0.4) is 0 Å². The maximum Gasteiger partial charge on any atom is 0.187 e. The first-order valence-corrected chi connectivity index (χ1v) is 14.4. The Kier molecular flexibility index (Phi) is 12.1. The van der Waals surface area contributed by atoms with Gasteiger partial charge in [0.1, 0.15) is 67.1 Å². The molecule has 3 heterocycles. The molecule has 256 valence electrons. The number of aliphatic hydroxyl groups excluding tert-OH is 13. The van der Waals surface area contributed by atoms with Gasteiger partial charge >= 0.3 is 0 Å². The van der Waals surface area contributed by atoms with Crippen molar-refractivity contribution >= 4 is 0 Å². The van der Waals surface area contributed by atoms with E-state index in [1.54, 1.807) is 0 Å². The quantitative estimate of drug-likeness (QED) is 0.104. The lowest BCUT2D eigenvalue weighted by Gasteiger charge is -2.48. The maximum atomic E-state index is 11.0. The fraction of sp³-hybridized carbons (Fsp3) is 0.923. The molecule has 0 radical (unpaired) electrons. The molecule has 18 heteroatoms. The Morgan fingerprint density at radius 2 is 1.14 bits per heavy atom. The highest BCUT2D eigenvalue weighted by atomic mass is 16.7. The van der Waals surface area contributed by atoms with Gasteiger partial charge in [-0.3, -0.25) is 0 Å². The van der Waals surface area contributed by atoms with Crippen LogP contribution >= 0.6 is 0 Å². The third-order valence-electron chi connectivity index (χ3n) is 8.91. The molecule has 1 aliphatic carbocycles. The molecule has 3 aliphatic heterocycles. The van der Waals surface area contributed by atoms with Crippen LogP contribution < -0.4 is 0 Å². The molecule has 0 saturated carbocycles. The number of ether oxygens (including phenoxy) is 5. The monoisotopic (exact) mass is 644 g/mol. The van der Waals surface area contributed by atoms with Gasteiger partial charge < -0.3 is 90.1 Å². The van der Waals surface area contributed by atoms with E-state index in [1.807, 2.05) is 0 Å². The first-order chi connectivity index (χ1) is 20.7. The van der Waals surface area contributed by atoms with Gasteiger partial charge in [0, 0.05) is 11.8 Å². The second kappa shape index (κ2) is 14.8. The normalized spacial score (nSPS) is 52.0. The smallest absolute Gasteiger partial charge is 0.187 e. The van der Waals surface area contributed by atoms with Crippen molar-refractivity contribution in [2.24, 2.45) is 11.8 Å². The van der Waals surface area contributed by atoms with Gasteiger partial charge in [-0.25, -0.2) is 0 Å². The van der Waals surface area contributed by atoms with Gasteiger partial charge in [0.15, 0.2) is 18.9 Å². The van der Waals surface area contributed by atoms with E-state index >= 15 is 0 Å². The van der Waals surface area contributed by atoms with Crippen molar-refractivity contribution in [3.8, 4) is 0 Å². The van der Waals surface area contributed by atoms with E-state index in [4.69, 9.17) is 23.7 Å². The van der Waals surface area contributed by atoms with E-state index < -0.39 is 136 Å². The number of rotatable bonds is 9. The Bertz CT molecular complexity index is 952. The SMILES string of the molecule is CC1O[C@@H](O[C@H]2C(CO)O[C@@H](O[C@H]3C(CO)OC(O)C(O)[C@H]3O)C(O)[C@H]2O)C(O)[C@@H](O)[C@H]1CC1C=C(CO)C(O)C(O)C1O. The van der Waals surface area contributed by atoms with Gasteiger partial charge in [-0.05, 0) is 18.9 Å². The predicted molar refractivity (Wildman–Crippen MR) is 139 cm³/mol. The average molecular weight is 645 g/mol. The van der Waals surface area contributed by atoms with E-state index in [2.05, 4.69) is 0 Å². The summed E-state index contributed by atoms with van der Waals surface area (Å²) in [5.74, 6) is -1.67. The van der Waals surface area contributed by atoms with Crippen molar-refractivity contribution in [3.05, 3.63) is 11.6 Å². The van der Waals surface area contributed by atoms with Crippen molar-refractivity contribution in [2.75, 3.05) is 19.8 Å². The molecule has 3 fully saturated rings. The molecular weight excluding hydrogens is 600 g/mol. The molecule has 13 N–H and O–H groups in total. The van der Waals surface area contributed by atoms with Gasteiger partial charge in [-0.1, -0.05) is 6.08 Å². The zero-order valence-corrected chi connectivity index (χ0v) is 23.7. The van der Waals surface area contributed by atoms with Crippen molar-refractivity contribution in [2.45, 2.75) is 118 Å². The fourth-order valence-corrected chi connectivity index (χ4v) is 6.21. The Hall–Kier alpha value is -0.980. The van der Waals surface area contributed by atoms with Crippen molar-refractivity contribution in [1.82, 2.24) is 0 Å². The average Bonchev–Trinajstić information content (AvgIpc) is 3.00. The Balaban J connectivity index is 1.42. The molecule has 19 atom stereocenters. The summed E-state index contributed by atoms with van der Waals surface area (Å²) in [5.41, 5.74) is 0.0850. The van der Waals surface area contributed by atoms with Gasteiger partial charge in [0.2, 0.25) is 0 Å². The first-order valence-electron chi connectivity index (χ1n) is 14.4. The molecule has 18 nitrogen and oxygen atoms in total. The summed E-state index contributed by atoms with van der Waals surface area (Å²) in [6.45, 7) is -0.633. The lowest BCUT2D eigenvalue weighted by atomic mass is 9.75. The highest BCUT2D eigenvalue weighted by Crippen LogP contribution is 2.38. The first kappa shape index (κ1) is 35.9. The lowest BCUT2D eigenvalue weighted by Crippen LogP contribution is -2.66. The zero-order chi connectivity index (χ0) is 32.6. The van der Waals surface area contributed by atoms with E-state index in [1.165, 1.54) is 13.0 Å². The number of hydrogen-bond acceptors (Lipinski definition) is 18. The molecule has 11 unspecified atom stereocenters. The number of hydrogen-bond donors (Lipinski definition) is 13. The summed E-state index contributed by atoms with van der Waals surface area (Å²) in [6, 6.07) is 0. The molecule has 0 aromatic rings. The Morgan fingerprint density at radius 1 is 0.614 bits per heavy atom. The molecule has 0 amide bonds. The topological polar surface area (TPSA) is 309 Å². The van der Waals surface area contributed by atoms with Crippen LogP contribution in [0.15, 0.2) is 11.6 Å².